The molecule has 1 aromatic carbocycles. The Morgan fingerprint density at radius 3 is 2.40 bits per heavy atom. The molecule has 2 N–H and O–H groups in total. The number of benzene rings is 1. The van der Waals surface area contributed by atoms with E-state index >= 15 is 0 Å². The summed E-state index contributed by atoms with van der Waals surface area (Å²) < 4.78 is 5.07. The number of anilines is 3. The summed E-state index contributed by atoms with van der Waals surface area (Å²) in [6.07, 6.45) is 2.04. The van der Waals surface area contributed by atoms with Crippen LogP contribution in [0.1, 0.15) is 6.92 Å². The molecule has 0 aliphatic rings. The van der Waals surface area contributed by atoms with Gasteiger partial charge in [0.2, 0.25) is 11.9 Å². The second kappa shape index (κ2) is 6.95. The van der Waals surface area contributed by atoms with Gasteiger partial charge < -0.3 is 15.4 Å². The summed E-state index contributed by atoms with van der Waals surface area (Å²) in [4.78, 5) is 13.8. The monoisotopic (exact) mass is 291 g/mol. The maximum Gasteiger partial charge on any atom is 0.322 e. The van der Waals surface area contributed by atoms with Gasteiger partial charge in [0.25, 0.3) is 0 Å². The molecule has 0 saturated heterocycles. The van der Waals surface area contributed by atoms with Crippen LogP contribution >= 0.6 is 11.8 Å². The number of aromatic nitrogens is 3. The number of nitrogens with zero attached hydrogens (tertiary/aromatic N) is 3. The maximum atomic E-state index is 5.07. The van der Waals surface area contributed by atoms with Gasteiger partial charge in [-0.1, -0.05) is 0 Å². The average molecular weight is 291 g/mol. The van der Waals surface area contributed by atoms with E-state index in [4.69, 9.17) is 4.74 Å². The van der Waals surface area contributed by atoms with E-state index in [1.165, 1.54) is 12.0 Å². The van der Waals surface area contributed by atoms with Crippen LogP contribution in [0.3, 0.4) is 0 Å². The van der Waals surface area contributed by atoms with Gasteiger partial charge in [-0.15, -0.1) is 11.8 Å². The molecule has 0 aliphatic carbocycles. The van der Waals surface area contributed by atoms with E-state index in [0.717, 1.165) is 12.2 Å². The Bertz CT molecular complexity index is 561. The lowest BCUT2D eigenvalue weighted by molar-refractivity contribution is 0.379. The first-order chi connectivity index (χ1) is 9.75. The molecule has 0 aliphatic heterocycles. The molecule has 2 rings (SSSR count). The van der Waals surface area contributed by atoms with Crippen LogP contribution in [-0.4, -0.2) is 34.9 Å². The van der Waals surface area contributed by atoms with Crippen LogP contribution in [0, 0.1) is 0 Å². The van der Waals surface area contributed by atoms with Crippen LogP contribution < -0.4 is 15.4 Å². The summed E-state index contributed by atoms with van der Waals surface area (Å²) in [6.45, 7) is 2.71. The lowest BCUT2D eigenvalue weighted by atomic mass is 10.3. The quantitative estimate of drug-likeness (QED) is 0.793. The van der Waals surface area contributed by atoms with Gasteiger partial charge in [-0.2, -0.15) is 15.0 Å². The number of thioether (sulfide) groups is 1. The summed E-state index contributed by atoms with van der Waals surface area (Å²) >= 11 is 1.70. The van der Waals surface area contributed by atoms with E-state index in [1.807, 2.05) is 37.4 Å². The molecule has 106 valence electrons. The molecule has 0 spiro atoms. The topological polar surface area (TPSA) is 72.0 Å². The summed E-state index contributed by atoms with van der Waals surface area (Å²) in [5, 5.41) is 6.18. The van der Waals surface area contributed by atoms with E-state index in [1.54, 1.807) is 11.8 Å². The predicted molar refractivity (Wildman–Crippen MR) is 82.0 cm³/mol. The molecule has 0 unspecified atom stereocenters. The van der Waals surface area contributed by atoms with Crippen molar-refractivity contribution in [3.8, 4) is 6.01 Å². The van der Waals surface area contributed by atoms with Crippen molar-refractivity contribution >= 4 is 29.3 Å². The van der Waals surface area contributed by atoms with Crippen molar-refractivity contribution in [1.29, 1.82) is 0 Å². The van der Waals surface area contributed by atoms with E-state index in [0.29, 0.717) is 11.9 Å². The van der Waals surface area contributed by atoms with Gasteiger partial charge in [0.15, 0.2) is 0 Å². The minimum atomic E-state index is 0.277. The van der Waals surface area contributed by atoms with Crippen molar-refractivity contribution in [2.75, 3.05) is 30.5 Å². The zero-order valence-corrected chi connectivity index (χ0v) is 12.5. The van der Waals surface area contributed by atoms with E-state index in [-0.39, 0.29) is 6.01 Å². The Hall–Kier alpha value is -2.02. The summed E-state index contributed by atoms with van der Waals surface area (Å²) in [6, 6.07) is 8.32. The van der Waals surface area contributed by atoms with Gasteiger partial charge in [-0.3, -0.25) is 0 Å². The Kier molecular flexibility index (Phi) is 5.00. The summed E-state index contributed by atoms with van der Waals surface area (Å²) in [5.41, 5.74) is 0.915. The number of rotatable bonds is 6. The van der Waals surface area contributed by atoms with E-state index < -0.39 is 0 Å². The second-order valence-electron chi connectivity index (χ2n) is 3.85. The molecule has 0 amide bonds. The zero-order valence-electron chi connectivity index (χ0n) is 11.7. The standard InChI is InChI=1S/C13H17N5OS/c1-4-14-11-16-12(18-13(17-11)19-2)15-9-5-7-10(20-3)8-6-9/h5-8H,4H2,1-3H3,(H2,14,15,16,17,18). The zero-order chi connectivity index (χ0) is 14.4. The molecule has 0 fully saturated rings. The van der Waals surface area contributed by atoms with Crippen molar-refractivity contribution in [3.05, 3.63) is 24.3 Å². The first-order valence-corrected chi connectivity index (χ1v) is 7.42. The third-order valence-corrected chi connectivity index (χ3v) is 3.22. The predicted octanol–water partition coefficient (Wildman–Crippen LogP) is 2.78. The van der Waals surface area contributed by atoms with Crippen LogP contribution in [0.4, 0.5) is 17.6 Å². The highest BCUT2D eigenvalue weighted by Gasteiger charge is 2.06. The van der Waals surface area contributed by atoms with Crippen molar-refractivity contribution in [2.45, 2.75) is 11.8 Å². The molecule has 2 aromatic rings. The highest BCUT2D eigenvalue weighted by molar-refractivity contribution is 7.98. The fraction of sp³-hybridized carbons (Fsp3) is 0.308. The highest BCUT2D eigenvalue weighted by Crippen LogP contribution is 2.20. The lowest BCUT2D eigenvalue weighted by Crippen LogP contribution is -2.07. The summed E-state index contributed by atoms with van der Waals surface area (Å²) in [5.74, 6) is 0.937. The van der Waals surface area contributed by atoms with Gasteiger partial charge in [-0.05, 0) is 37.4 Å². The Morgan fingerprint density at radius 1 is 1.10 bits per heavy atom. The van der Waals surface area contributed by atoms with Gasteiger partial charge >= 0.3 is 6.01 Å². The molecule has 0 saturated carbocycles. The number of hydrogen-bond donors (Lipinski definition) is 2. The molecule has 6 nitrogen and oxygen atoms in total. The average Bonchev–Trinajstić information content (AvgIpc) is 2.48. The molecule has 1 heterocycles. The van der Waals surface area contributed by atoms with Gasteiger partial charge in [0.05, 0.1) is 7.11 Å². The fourth-order valence-electron chi connectivity index (χ4n) is 1.54. The second-order valence-corrected chi connectivity index (χ2v) is 4.73. The molecule has 7 heteroatoms. The molecular formula is C13H17N5OS. The van der Waals surface area contributed by atoms with Crippen molar-refractivity contribution in [3.63, 3.8) is 0 Å². The first-order valence-electron chi connectivity index (χ1n) is 6.20. The van der Waals surface area contributed by atoms with Crippen molar-refractivity contribution < 1.29 is 4.74 Å². The van der Waals surface area contributed by atoms with Gasteiger partial charge in [0.1, 0.15) is 0 Å². The van der Waals surface area contributed by atoms with E-state index in [2.05, 4.69) is 25.6 Å². The molecule has 0 bridgehead atoms. The number of ether oxygens (including phenoxy) is 1. The lowest BCUT2D eigenvalue weighted by Gasteiger charge is -2.08. The SMILES string of the molecule is CCNc1nc(Nc2ccc(SC)cc2)nc(OC)n1. The number of methoxy groups -OCH3 is 1. The van der Waals surface area contributed by atoms with Crippen LogP contribution in [0.5, 0.6) is 6.01 Å². The minimum absolute atomic E-state index is 0.277. The number of nitrogens with one attached hydrogen (secondary N) is 2. The third kappa shape index (κ3) is 3.74. The molecule has 20 heavy (non-hydrogen) atoms. The van der Waals surface area contributed by atoms with Crippen LogP contribution in [-0.2, 0) is 0 Å². The van der Waals surface area contributed by atoms with Crippen LogP contribution in [0.25, 0.3) is 0 Å². The molecule has 0 atom stereocenters. The Morgan fingerprint density at radius 2 is 1.80 bits per heavy atom. The van der Waals surface area contributed by atoms with Crippen molar-refractivity contribution in [2.24, 2.45) is 0 Å². The van der Waals surface area contributed by atoms with Crippen LogP contribution in [0.15, 0.2) is 29.2 Å². The smallest absolute Gasteiger partial charge is 0.322 e. The molecule has 1 aromatic heterocycles. The maximum absolute atomic E-state index is 5.07. The normalized spacial score (nSPS) is 10.2. The Balaban J connectivity index is 2.20. The van der Waals surface area contributed by atoms with Crippen LogP contribution in [0.2, 0.25) is 0 Å². The third-order valence-electron chi connectivity index (χ3n) is 2.48. The summed E-state index contributed by atoms with van der Waals surface area (Å²) in [7, 11) is 1.53. The van der Waals surface area contributed by atoms with Gasteiger partial charge in [-0.25, -0.2) is 0 Å². The molecular weight excluding hydrogens is 274 g/mol. The fourth-order valence-corrected chi connectivity index (χ4v) is 1.95. The van der Waals surface area contributed by atoms with Gasteiger partial charge in [0, 0.05) is 17.1 Å². The number of hydrogen-bond acceptors (Lipinski definition) is 7. The van der Waals surface area contributed by atoms with E-state index in [9.17, 15) is 0 Å². The Labute approximate surface area is 122 Å². The molecule has 0 radical (unpaired) electrons. The minimum Gasteiger partial charge on any atom is -0.467 e. The first kappa shape index (κ1) is 14.4. The van der Waals surface area contributed by atoms with Crippen molar-refractivity contribution in [1.82, 2.24) is 15.0 Å². The highest BCUT2D eigenvalue weighted by atomic mass is 32.2. The largest absolute Gasteiger partial charge is 0.467 e.